The Hall–Kier alpha value is -2.04. The van der Waals surface area contributed by atoms with Crippen molar-refractivity contribution in [2.75, 3.05) is 13.7 Å². The Labute approximate surface area is 137 Å². The molecule has 23 heavy (non-hydrogen) atoms. The van der Waals surface area contributed by atoms with Crippen LogP contribution in [0.5, 0.6) is 11.5 Å². The van der Waals surface area contributed by atoms with Crippen LogP contribution in [0, 0.1) is 5.41 Å². The number of aliphatic imine (C=N–C) groups is 1. The van der Waals surface area contributed by atoms with Crippen LogP contribution in [0.15, 0.2) is 17.1 Å². The minimum absolute atomic E-state index is 0.0162. The summed E-state index contributed by atoms with van der Waals surface area (Å²) in [6.45, 7) is 9.03. The van der Waals surface area contributed by atoms with E-state index >= 15 is 0 Å². The number of benzene rings is 1. The third-order valence-electron chi connectivity index (χ3n) is 4.28. The number of ether oxygens (including phenoxy) is 2. The number of carbonyl (C=O) groups excluding carboxylic acids is 1. The summed E-state index contributed by atoms with van der Waals surface area (Å²) < 4.78 is 11.2. The number of rotatable bonds is 3. The molecule has 1 atom stereocenters. The molecular formula is C18H24N2O3. The van der Waals surface area contributed by atoms with Gasteiger partial charge in [0, 0.05) is 18.8 Å². The maximum Gasteiger partial charge on any atom is 0.256 e. The van der Waals surface area contributed by atoms with Crippen LogP contribution < -0.4 is 9.47 Å². The first-order valence-electron chi connectivity index (χ1n) is 8.04. The Morgan fingerprint density at radius 3 is 2.70 bits per heavy atom. The Balaban J connectivity index is 2.04. The summed E-state index contributed by atoms with van der Waals surface area (Å²) in [6.07, 6.45) is 2.85. The molecule has 1 aromatic carbocycles. The van der Waals surface area contributed by atoms with E-state index < -0.39 is 0 Å². The predicted molar refractivity (Wildman–Crippen MR) is 90.1 cm³/mol. The van der Waals surface area contributed by atoms with Gasteiger partial charge in [-0.05, 0) is 31.7 Å². The minimum atomic E-state index is 0.0162. The smallest absolute Gasteiger partial charge is 0.256 e. The van der Waals surface area contributed by atoms with Crippen molar-refractivity contribution in [3.05, 3.63) is 17.7 Å². The van der Waals surface area contributed by atoms with Crippen LogP contribution in [0.1, 0.15) is 44.5 Å². The molecule has 5 heteroatoms. The Morgan fingerprint density at radius 1 is 1.30 bits per heavy atom. The fourth-order valence-corrected chi connectivity index (χ4v) is 3.33. The molecule has 2 heterocycles. The number of hydrogen-bond donors (Lipinski definition) is 0. The van der Waals surface area contributed by atoms with Crippen molar-refractivity contribution in [3.8, 4) is 11.5 Å². The molecular weight excluding hydrogens is 292 g/mol. The van der Waals surface area contributed by atoms with E-state index in [9.17, 15) is 4.79 Å². The standard InChI is InChI=1S/C18H24N2O3/c1-11(2)23-16-7-14-13(6-15(16)22-5)17(21)20-10-18(3,4)8-12(20)9-19-14/h6-7,9,11-12H,8,10H2,1-5H3. The van der Waals surface area contributed by atoms with Crippen molar-refractivity contribution < 1.29 is 14.3 Å². The lowest BCUT2D eigenvalue weighted by Crippen LogP contribution is -2.36. The molecule has 0 saturated carbocycles. The van der Waals surface area contributed by atoms with Crippen molar-refractivity contribution >= 4 is 17.8 Å². The molecule has 0 aliphatic carbocycles. The lowest BCUT2D eigenvalue weighted by molar-refractivity contribution is 0.0761. The first-order chi connectivity index (χ1) is 10.8. The average molecular weight is 316 g/mol. The minimum Gasteiger partial charge on any atom is -0.493 e. The number of fused-ring (bicyclic) bond motifs is 2. The lowest BCUT2D eigenvalue weighted by atomic mass is 9.91. The van der Waals surface area contributed by atoms with Gasteiger partial charge in [-0.15, -0.1) is 0 Å². The van der Waals surface area contributed by atoms with Crippen LogP contribution >= 0.6 is 0 Å². The summed E-state index contributed by atoms with van der Waals surface area (Å²) in [7, 11) is 1.58. The highest BCUT2D eigenvalue weighted by atomic mass is 16.5. The number of methoxy groups -OCH3 is 1. The molecule has 1 amide bonds. The van der Waals surface area contributed by atoms with Crippen LogP contribution in [-0.2, 0) is 0 Å². The van der Waals surface area contributed by atoms with E-state index in [0.29, 0.717) is 22.7 Å². The highest BCUT2D eigenvalue weighted by Crippen LogP contribution is 2.41. The highest BCUT2D eigenvalue weighted by molar-refractivity contribution is 6.03. The average Bonchev–Trinajstić information content (AvgIpc) is 2.73. The van der Waals surface area contributed by atoms with Crippen molar-refractivity contribution in [1.29, 1.82) is 0 Å². The number of nitrogens with zero attached hydrogens (tertiary/aromatic N) is 2. The summed E-state index contributed by atoms with van der Waals surface area (Å²) in [6, 6.07) is 3.61. The third-order valence-corrected chi connectivity index (χ3v) is 4.28. The van der Waals surface area contributed by atoms with Crippen molar-refractivity contribution in [2.45, 2.75) is 46.3 Å². The molecule has 1 unspecified atom stereocenters. The van der Waals surface area contributed by atoms with E-state index in [0.717, 1.165) is 13.0 Å². The molecule has 0 aromatic heterocycles. The van der Waals surface area contributed by atoms with Crippen LogP contribution in [0.4, 0.5) is 5.69 Å². The number of hydrogen-bond acceptors (Lipinski definition) is 4. The molecule has 0 bridgehead atoms. The fraction of sp³-hybridized carbons (Fsp3) is 0.556. The largest absolute Gasteiger partial charge is 0.493 e. The third kappa shape index (κ3) is 2.92. The van der Waals surface area contributed by atoms with Crippen molar-refractivity contribution in [1.82, 2.24) is 4.90 Å². The monoisotopic (exact) mass is 316 g/mol. The summed E-state index contributed by atoms with van der Waals surface area (Å²) in [4.78, 5) is 19.4. The van der Waals surface area contributed by atoms with Crippen LogP contribution in [0.3, 0.4) is 0 Å². The molecule has 2 aliphatic heterocycles. The Morgan fingerprint density at radius 2 is 2.04 bits per heavy atom. The van der Waals surface area contributed by atoms with Gasteiger partial charge in [-0.3, -0.25) is 9.79 Å². The predicted octanol–water partition coefficient (Wildman–Crippen LogP) is 3.44. The van der Waals surface area contributed by atoms with Gasteiger partial charge < -0.3 is 14.4 Å². The van der Waals surface area contributed by atoms with E-state index in [2.05, 4.69) is 18.8 Å². The number of amides is 1. The first-order valence-corrected chi connectivity index (χ1v) is 8.04. The van der Waals surface area contributed by atoms with Gasteiger partial charge in [-0.25, -0.2) is 0 Å². The van der Waals surface area contributed by atoms with Crippen LogP contribution in [0.2, 0.25) is 0 Å². The second-order valence-corrected chi connectivity index (χ2v) is 7.33. The van der Waals surface area contributed by atoms with Crippen LogP contribution in [0.25, 0.3) is 0 Å². The molecule has 1 fully saturated rings. The first kappa shape index (κ1) is 15.8. The summed E-state index contributed by atoms with van der Waals surface area (Å²) >= 11 is 0. The molecule has 0 N–H and O–H groups in total. The molecule has 2 aliphatic rings. The topological polar surface area (TPSA) is 51.1 Å². The van der Waals surface area contributed by atoms with E-state index in [1.165, 1.54) is 0 Å². The number of carbonyl (C=O) groups is 1. The van der Waals surface area contributed by atoms with Crippen molar-refractivity contribution in [2.24, 2.45) is 10.4 Å². The molecule has 5 nitrogen and oxygen atoms in total. The SMILES string of the molecule is COc1cc2c(cc1OC(C)C)N=CC1CC(C)(C)CN1C2=O. The van der Waals surface area contributed by atoms with Gasteiger partial charge in [0.2, 0.25) is 0 Å². The van der Waals surface area contributed by atoms with Gasteiger partial charge in [-0.2, -0.15) is 0 Å². The quantitative estimate of drug-likeness (QED) is 0.858. The van der Waals surface area contributed by atoms with E-state index in [1.807, 2.05) is 25.0 Å². The van der Waals surface area contributed by atoms with Gasteiger partial charge in [0.1, 0.15) is 0 Å². The summed E-state index contributed by atoms with van der Waals surface area (Å²) in [5, 5.41) is 0. The van der Waals surface area contributed by atoms with Gasteiger partial charge >= 0.3 is 0 Å². The van der Waals surface area contributed by atoms with Gasteiger partial charge in [0.05, 0.1) is 30.5 Å². The summed E-state index contributed by atoms with van der Waals surface area (Å²) in [5.41, 5.74) is 1.35. The van der Waals surface area contributed by atoms with E-state index in [4.69, 9.17) is 9.47 Å². The maximum absolute atomic E-state index is 13.0. The second-order valence-electron chi connectivity index (χ2n) is 7.33. The molecule has 0 radical (unpaired) electrons. The maximum atomic E-state index is 13.0. The molecule has 1 saturated heterocycles. The highest BCUT2D eigenvalue weighted by Gasteiger charge is 2.41. The summed E-state index contributed by atoms with van der Waals surface area (Å²) in [5.74, 6) is 1.20. The zero-order chi connectivity index (χ0) is 16.8. The normalized spacial score (nSPS) is 21.9. The second kappa shape index (κ2) is 5.55. The van der Waals surface area contributed by atoms with Gasteiger partial charge in [-0.1, -0.05) is 13.8 Å². The Bertz CT molecular complexity index is 664. The van der Waals surface area contributed by atoms with Gasteiger partial charge in [0.15, 0.2) is 11.5 Å². The van der Waals surface area contributed by atoms with E-state index in [-0.39, 0.29) is 23.5 Å². The van der Waals surface area contributed by atoms with Gasteiger partial charge in [0.25, 0.3) is 5.91 Å². The molecule has 124 valence electrons. The van der Waals surface area contributed by atoms with E-state index in [1.54, 1.807) is 19.2 Å². The molecule has 3 rings (SSSR count). The Kier molecular flexibility index (Phi) is 3.82. The molecule has 1 aromatic rings. The fourth-order valence-electron chi connectivity index (χ4n) is 3.33. The zero-order valence-electron chi connectivity index (χ0n) is 14.4. The van der Waals surface area contributed by atoms with Crippen molar-refractivity contribution in [3.63, 3.8) is 0 Å². The lowest BCUT2D eigenvalue weighted by Gasteiger charge is -2.22. The van der Waals surface area contributed by atoms with Crippen LogP contribution in [-0.4, -0.2) is 42.8 Å². The zero-order valence-corrected chi connectivity index (χ0v) is 14.4. The molecule has 0 spiro atoms.